The van der Waals surface area contributed by atoms with Crippen LogP contribution in [0.25, 0.3) is 10.1 Å². The lowest BCUT2D eigenvalue weighted by Gasteiger charge is -1.95. The van der Waals surface area contributed by atoms with Gasteiger partial charge in [0.2, 0.25) is 0 Å². The molecule has 0 bridgehead atoms. The van der Waals surface area contributed by atoms with Crippen molar-refractivity contribution in [3.63, 3.8) is 0 Å². The van der Waals surface area contributed by atoms with Crippen LogP contribution < -0.4 is 4.78 Å². The number of fused-ring (bicyclic) bond motifs is 1. The zero-order valence-electron chi connectivity index (χ0n) is 7.56. The van der Waals surface area contributed by atoms with Gasteiger partial charge in [-0.15, -0.1) is 11.3 Å². The molecule has 3 N–H and O–H groups in total. The lowest BCUT2D eigenvalue weighted by molar-refractivity contribution is 0.426. The average Bonchev–Trinajstić information content (AvgIpc) is 2.43. The van der Waals surface area contributed by atoms with Crippen molar-refractivity contribution in [2.75, 3.05) is 0 Å². The zero-order chi connectivity index (χ0) is 10.3. The van der Waals surface area contributed by atoms with Gasteiger partial charge < -0.3 is 15.2 Å². The Bertz CT molecular complexity index is 478. The Hall–Kier alpha value is -1.04. The van der Waals surface area contributed by atoms with Gasteiger partial charge in [0.15, 0.2) is 0 Å². The largest absolute Gasteiger partial charge is 0.508 e. The molecule has 2 rings (SSSR count). The molecule has 0 saturated carbocycles. The molecule has 0 aliphatic heterocycles. The molecule has 0 spiro atoms. The third kappa shape index (κ3) is 1.39. The number of aromatic hydroxyl groups is 1. The number of benzene rings is 1. The first-order chi connectivity index (χ1) is 6.59. The van der Waals surface area contributed by atoms with Crippen molar-refractivity contribution in [2.24, 2.45) is 0 Å². The van der Waals surface area contributed by atoms with Gasteiger partial charge in [-0.3, -0.25) is 0 Å². The summed E-state index contributed by atoms with van der Waals surface area (Å²) >= 11 is 1.29. The molecule has 0 radical (unpaired) electrons. The van der Waals surface area contributed by atoms with Crippen LogP contribution in [-0.4, -0.2) is 22.3 Å². The van der Waals surface area contributed by atoms with Crippen molar-refractivity contribution in [2.45, 2.75) is 6.92 Å². The van der Waals surface area contributed by atoms with Gasteiger partial charge in [-0.25, -0.2) is 0 Å². The predicted octanol–water partition coefficient (Wildman–Crippen LogP) is 0.595. The van der Waals surface area contributed by atoms with Crippen molar-refractivity contribution in [1.82, 2.24) is 0 Å². The molecule has 1 aromatic heterocycles. The number of thiophene rings is 1. The minimum absolute atomic E-state index is 0.192. The van der Waals surface area contributed by atoms with Crippen LogP contribution in [0.4, 0.5) is 0 Å². The van der Waals surface area contributed by atoms with E-state index in [1.807, 2.05) is 6.92 Å². The van der Waals surface area contributed by atoms with Crippen molar-refractivity contribution in [1.29, 1.82) is 0 Å². The Morgan fingerprint density at radius 1 is 1.29 bits per heavy atom. The summed E-state index contributed by atoms with van der Waals surface area (Å²) in [4.78, 5) is 0. The van der Waals surface area contributed by atoms with E-state index in [9.17, 15) is 5.11 Å². The third-order valence-electron chi connectivity index (χ3n) is 2.19. The molecular weight excluding hydrogens is 199 g/mol. The van der Waals surface area contributed by atoms with E-state index in [0.717, 1.165) is 15.6 Å². The highest BCUT2D eigenvalue weighted by Crippen LogP contribution is 2.27. The minimum atomic E-state index is -1.44. The zero-order valence-corrected chi connectivity index (χ0v) is 8.38. The summed E-state index contributed by atoms with van der Waals surface area (Å²) in [7, 11) is -1.44. The van der Waals surface area contributed by atoms with Crippen LogP contribution in [0.1, 0.15) is 5.56 Å². The van der Waals surface area contributed by atoms with Crippen molar-refractivity contribution in [3.8, 4) is 5.75 Å². The fourth-order valence-corrected chi connectivity index (χ4v) is 2.60. The first kappa shape index (κ1) is 9.52. The molecule has 2 aromatic rings. The molecule has 1 heterocycles. The summed E-state index contributed by atoms with van der Waals surface area (Å²) in [5.41, 5.74) is 0.861. The molecule has 0 aliphatic rings. The monoisotopic (exact) mass is 208 g/mol. The Labute approximate surface area is 85.4 Å². The Morgan fingerprint density at radius 2 is 2.00 bits per heavy atom. The molecule has 0 aliphatic carbocycles. The van der Waals surface area contributed by atoms with E-state index in [0.29, 0.717) is 4.78 Å². The third-order valence-corrected chi connectivity index (χ3v) is 3.49. The van der Waals surface area contributed by atoms with Crippen molar-refractivity contribution in [3.05, 3.63) is 23.8 Å². The topological polar surface area (TPSA) is 60.7 Å². The molecule has 0 saturated heterocycles. The highest BCUT2D eigenvalue weighted by molar-refractivity contribution is 7.28. The summed E-state index contributed by atoms with van der Waals surface area (Å²) in [6.45, 7) is 1.84. The number of aryl methyl sites for hydroxylation is 1. The minimum Gasteiger partial charge on any atom is -0.508 e. The summed E-state index contributed by atoms with van der Waals surface area (Å²) in [6, 6.07) is 5.00. The van der Waals surface area contributed by atoms with E-state index >= 15 is 0 Å². The second-order valence-corrected chi connectivity index (χ2v) is 4.23. The fraction of sp³-hybridized carbons (Fsp3) is 0.111. The SMILES string of the molecule is Cc1c(B(O)O)sc2cc(O)ccc12. The molecule has 3 nitrogen and oxygen atoms in total. The molecule has 72 valence electrons. The lowest BCUT2D eigenvalue weighted by Crippen LogP contribution is -2.28. The normalized spacial score (nSPS) is 10.8. The van der Waals surface area contributed by atoms with Crippen LogP contribution in [0.3, 0.4) is 0 Å². The molecule has 0 unspecified atom stereocenters. The Morgan fingerprint density at radius 3 is 2.64 bits per heavy atom. The Balaban J connectivity index is 2.73. The van der Waals surface area contributed by atoms with Crippen LogP contribution in [-0.2, 0) is 0 Å². The quantitative estimate of drug-likeness (QED) is 0.601. The molecular formula is C9H9BO3S. The van der Waals surface area contributed by atoms with Gasteiger partial charge in [-0.2, -0.15) is 0 Å². The summed E-state index contributed by atoms with van der Waals surface area (Å²) in [5, 5.41) is 28.4. The van der Waals surface area contributed by atoms with E-state index in [-0.39, 0.29) is 5.75 Å². The van der Waals surface area contributed by atoms with Gasteiger partial charge in [0.25, 0.3) is 0 Å². The van der Waals surface area contributed by atoms with Gasteiger partial charge in [0, 0.05) is 9.48 Å². The average molecular weight is 208 g/mol. The molecule has 5 heteroatoms. The maximum atomic E-state index is 9.25. The van der Waals surface area contributed by atoms with Crippen LogP contribution in [0.2, 0.25) is 0 Å². The smallest absolute Gasteiger partial charge is 0.499 e. The molecule has 0 atom stereocenters. The van der Waals surface area contributed by atoms with Crippen LogP contribution in [0, 0.1) is 6.92 Å². The Kier molecular flexibility index (Phi) is 2.22. The van der Waals surface area contributed by atoms with Crippen LogP contribution >= 0.6 is 11.3 Å². The number of rotatable bonds is 1. The van der Waals surface area contributed by atoms with Gasteiger partial charge in [-0.1, -0.05) is 0 Å². The van der Waals surface area contributed by atoms with Gasteiger partial charge in [0.1, 0.15) is 5.75 Å². The second-order valence-electron chi connectivity index (χ2n) is 3.15. The molecule has 0 amide bonds. The molecule has 1 aromatic carbocycles. The second kappa shape index (κ2) is 3.27. The van der Waals surface area contributed by atoms with Gasteiger partial charge >= 0.3 is 7.12 Å². The number of hydrogen-bond acceptors (Lipinski definition) is 4. The number of phenols is 1. The van der Waals surface area contributed by atoms with Gasteiger partial charge in [0.05, 0.1) is 0 Å². The van der Waals surface area contributed by atoms with Crippen LogP contribution in [0.15, 0.2) is 18.2 Å². The van der Waals surface area contributed by atoms with Crippen LogP contribution in [0.5, 0.6) is 5.75 Å². The molecule has 0 fully saturated rings. The number of hydrogen-bond donors (Lipinski definition) is 3. The standard InChI is InChI=1S/C9H9BO3S/c1-5-7-3-2-6(11)4-8(7)14-9(5)10(12)13/h2-4,11-13H,1H3. The fourth-order valence-electron chi connectivity index (χ4n) is 1.48. The van der Waals surface area contributed by atoms with Crippen molar-refractivity contribution < 1.29 is 15.2 Å². The predicted molar refractivity (Wildman–Crippen MR) is 58.1 cm³/mol. The maximum Gasteiger partial charge on any atom is 0.499 e. The summed E-state index contributed by atoms with van der Waals surface area (Å²) < 4.78 is 1.40. The van der Waals surface area contributed by atoms with E-state index < -0.39 is 7.12 Å². The van der Waals surface area contributed by atoms with E-state index in [1.165, 1.54) is 11.3 Å². The van der Waals surface area contributed by atoms with E-state index in [2.05, 4.69) is 0 Å². The highest BCUT2D eigenvalue weighted by atomic mass is 32.1. The highest BCUT2D eigenvalue weighted by Gasteiger charge is 2.19. The van der Waals surface area contributed by atoms with E-state index in [4.69, 9.17) is 10.0 Å². The lowest BCUT2D eigenvalue weighted by atomic mass is 9.86. The summed E-state index contributed by atoms with van der Waals surface area (Å²) in [6.07, 6.45) is 0. The first-order valence-corrected chi connectivity index (χ1v) is 4.99. The van der Waals surface area contributed by atoms with Gasteiger partial charge in [-0.05, 0) is 36.1 Å². The first-order valence-electron chi connectivity index (χ1n) is 4.17. The van der Waals surface area contributed by atoms with E-state index in [1.54, 1.807) is 18.2 Å². The number of phenolic OH excluding ortho intramolecular Hbond substituents is 1. The van der Waals surface area contributed by atoms with Crippen molar-refractivity contribution >= 4 is 33.3 Å². The molecule has 14 heavy (non-hydrogen) atoms. The maximum absolute atomic E-state index is 9.25. The summed E-state index contributed by atoms with van der Waals surface area (Å²) in [5.74, 6) is 0.192.